The number of hydrogen-bond donors (Lipinski definition) is 1. The number of hydrogen-bond acceptors (Lipinski definition) is 6. The van der Waals surface area contributed by atoms with Crippen LogP contribution in [0.1, 0.15) is 0 Å². The minimum Gasteiger partial charge on any atom is -0.368 e. The van der Waals surface area contributed by atoms with Crippen LogP contribution in [-0.2, 0) is 0 Å². The third-order valence-electron chi connectivity index (χ3n) is 2.78. The molecule has 0 fully saturated rings. The Labute approximate surface area is 130 Å². The molecular formula is C14H13N5S2. The quantitative estimate of drug-likeness (QED) is 0.560. The largest absolute Gasteiger partial charge is 0.368 e. The average molecular weight is 315 g/mol. The van der Waals surface area contributed by atoms with Crippen LogP contribution in [-0.4, -0.2) is 37.9 Å². The summed E-state index contributed by atoms with van der Waals surface area (Å²) in [5.41, 5.74) is 1.77. The Kier molecular flexibility index (Phi) is 4.38. The Morgan fingerprint density at radius 2 is 2.29 bits per heavy atom. The predicted octanol–water partition coefficient (Wildman–Crippen LogP) is 2.63. The summed E-state index contributed by atoms with van der Waals surface area (Å²) in [6, 6.07) is 5.83. The maximum atomic E-state index is 5.22. The minimum atomic E-state index is 0.738. The normalized spacial score (nSPS) is 10.6. The molecule has 0 aliphatic rings. The van der Waals surface area contributed by atoms with Crippen molar-refractivity contribution >= 4 is 34.6 Å². The Morgan fingerprint density at radius 3 is 3.10 bits per heavy atom. The van der Waals surface area contributed by atoms with Crippen LogP contribution in [0.5, 0.6) is 0 Å². The van der Waals surface area contributed by atoms with Crippen LogP contribution in [0.3, 0.4) is 0 Å². The number of nitrogens with one attached hydrogen (secondary N) is 1. The monoisotopic (exact) mass is 315 g/mol. The molecule has 0 bridgehead atoms. The number of thioether (sulfide) groups is 1. The lowest BCUT2D eigenvalue weighted by molar-refractivity contribution is 0.931. The Morgan fingerprint density at radius 1 is 1.33 bits per heavy atom. The Balaban J connectivity index is 1.76. The number of terminal acetylenes is 1. The van der Waals surface area contributed by atoms with Crippen LogP contribution in [0, 0.1) is 12.3 Å². The highest BCUT2D eigenvalue weighted by molar-refractivity contribution is 7.99. The van der Waals surface area contributed by atoms with Gasteiger partial charge in [0.25, 0.3) is 0 Å². The molecule has 0 saturated carbocycles. The molecule has 3 heterocycles. The highest BCUT2D eigenvalue weighted by atomic mass is 32.2. The van der Waals surface area contributed by atoms with Gasteiger partial charge in [-0.2, -0.15) is 15.9 Å². The highest BCUT2D eigenvalue weighted by Crippen LogP contribution is 2.20. The number of anilines is 1. The van der Waals surface area contributed by atoms with Gasteiger partial charge in [-0.25, -0.2) is 0 Å². The van der Waals surface area contributed by atoms with Crippen molar-refractivity contribution in [2.45, 2.75) is 0 Å². The molecule has 0 aliphatic heterocycles. The zero-order valence-corrected chi connectivity index (χ0v) is 12.8. The molecule has 7 heteroatoms. The molecule has 0 saturated heterocycles. The number of thiophene rings is 1. The van der Waals surface area contributed by atoms with E-state index in [9.17, 15) is 0 Å². The molecule has 0 atom stereocenters. The van der Waals surface area contributed by atoms with Gasteiger partial charge in [0, 0.05) is 23.2 Å². The first kappa shape index (κ1) is 13.9. The van der Waals surface area contributed by atoms with E-state index in [4.69, 9.17) is 6.42 Å². The first-order chi connectivity index (χ1) is 10.4. The number of fused-ring (bicyclic) bond motifs is 1. The zero-order valence-electron chi connectivity index (χ0n) is 11.2. The van der Waals surface area contributed by atoms with Crippen molar-refractivity contribution in [3.63, 3.8) is 0 Å². The third-order valence-corrected chi connectivity index (χ3v) is 4.33. The SMILES string of the molecule is C#CCSCCNc1ccc2nnc(-c3ccsc3)n2n1. The molecule has 0 spiro atoms. The molecule has 3 aromatic heterocycles. The van der Waals surface area contributed by atoms with E-state index in [1.165, 1.54) is 0 Å². The number of rotatable bonds is 6. The molecule has 3 rings (SSSR count). The van der Waals surface area contributed by atoms with Gasteiger partial charge < -0.3 is 5.32 Å². The van der Waals surface area contributed by atoms with Crippen molar-refractivity contribution in [2.24, 2.45) is 0 Å². The maximum absolute atomic E-state index is 5.22. The van der Waals surface area contributed by atoms with E-state index in [1.54, 1.807) is 27.6 Å². The molecule has 1 N–H and O–H groups in total. The standard InChI is InChI=1S/C14H13N5S2/c1-2-7-20-9-6-15-12-3-4-13-16-17-14(19(13)18-12)11-5-8-21-10-11/h1,3-5,8,10H,6-7,9H2,(H,15,18). The summed E-state index contributed by atoms with van der Waals surface area (Å²) < 4.78 is 1.76. The molecule has 0 radical (unpaired) electrons. The molecular weight excluding hydrogens is 302 g/mol. The molecule has 5 nitrogen and oxygen atoms in total. The van der Waals surface area contributed by atoms with Gasteiger partial charge in [-0.15, -0.1) is 33.5 Å². The van der Waals surface area contributed by atoms with Crippen LogP contribution in [0.4, 0.5) is 5.82 Å². The van der Waals surface area contributed by atoms with Crippen LogP contribution in [0.25, 0.3) is 17.0 Å². The van der Waals surface area contributed by atoms with Gasteiger partial charge in [-0.05, 0) is 23.6 Å². The fourth-order valence-electron chi connectivity index (χ4n) is 1.84. The fraction of sp³-hybridized carbons (Fsp3) is 0.214. The van der Waals surface area contributed by atoms with Gasteiger partial charge in [-0.1, -0.05) is 5.92 Å². The first-order valence-electron chi connectivity index (χ1n) is 6.38. The third kappa shape index (κ3) is 3.17. The molecule has 0 aromatic carbocycles. The Hall–Kier alpha value is -2.04. The van der Waals surface area contributed by atoms with E-state index in [-0.39, 0.29) is 0 Å². The van der Waals surface area contributed by atoms with Crippen molar-refractivity contribution in [3.8, 4) is 23.7 Å². The van der Waals surface area contributed by atoms with Gasteiger partial charge in [-0.3, -0.25) is 0 Å². The lowest BCUT2D eigenvalue weighted by Crippen LogP contribution is -2.08. The van der Waals surface area contributed by atoms with Gasteiger partial charge in [0.1, 0.15) is 5.82 Å². The average Bonchev–Trinajstić information content (AvgIpc) is 3.15. The smallest absolute Gasteiger partial charge is 0.186 e. The molecule has 0 aliphatic carbocycles. The predicted molar refractivity (Wildman–Crippen MR) is 88.7 cm³/mol. The second kappa shape index (κ2) is 6.61. The van der Waals surface area contributed by atoms with E-state index in [1.807, 2.05) is 29.0 Å². The summed E-state index contributed by atoms with van der Waals surface area (Å²) >= 11 is 3.35. The lowest BCUT2D eigenvalue weighted by Gasteiger charge is -2.05. The van der Waals surface area contributed by atoms with E-state index in [0.29, 0.717) is 0 Å². The summed E-state index contributed by atoms with van der Waals surface area (Å²) in [6.45, 7) is 0.820. The number of aromatic nitrogens is 4. The summed E-state index contributed by atoms with van der Waals surface area (Å²) in [4.78, 5) is 0. The fourth-order valence-corrected chi connectivity index (χ4v) is 2.98. The van der Waals surface area contributed by atoms with Crippen LogP contribution >= 0.6 is 23.1 Å². The first-order valence-corrected chi connectivity index (χ1v) is 8.48. The van der Waals surface area contributed by atoms with Crippen LogP contribution < -0.4 is 5.32 Å². The van der Waals surface area contributed by atoms with Crippen molar-refractivity contribution in [2.75, 3.05) is 23.4 Å². The van der Waals surface area contributed by atoms with Crippen molar-refractivity contribution in [3.05, 3.63) is 29.0 Å². The molecule has 0 amide bonds. The highest BCUT2D eigenvalue weighted by Gasteiger charge is 2.09. The minimum absolute atomic E-state index is 0.738. The number of nitrogens with zero attached hydrogens (tertiary/aromatic N) is 4. The van der Waals surface area contributed by atoms with Crippen LogP contribution in [0.15, 0.2) is 29.0 Å². The van der Waals surface area contributed by atoms with Gasteiger partial charge in [0.15, 0.2) is 11.5 Å². The maximum Gasteiger partial charge on any atom is 0.186 e. The van der Waals surface area contributed by atoms with E-state index >= 15 is 0 Å². The van der Waals surface area contributed by atoms with Gasteiger partial charge in [0.2, 0.25) is 0 Å². The van der Waals surface area contributed by atoms with Crippen molar-refractivity contribution in [1.29, 1.82) is 0 Å². The van der Waals surface area contributed by atoms with Gasteiger partial charge in [0.05, 0.1) is 5.75 Å². The Bertz CT molecular complexity index is 757. The summed E-state index contributed by atoms with van der Waals surface area (Å²) in [5, 5.41) is 20.2. The summed E-state index contributed by atoms with van der Waals surface area (Å²) in [6.07, 6.45) is 5.22. The van der Waals surface area contributed by atoms with Crippen molar-refractivity contribution in [1.82, 2.24) is 19.8 Å². The van der Waals surface area contributed by atoms with Crippen LogP contribution in [0.2, 0.25) is 0 Å². The molecule has 0 unspecified atom stereocenters. The summed E-state index contributed by atoms with van der Waals surface area (Å²) in [7, 11) is 0. The lowest BCUT2D eigenvalue weighted by atomic mass is 10.3. The van der Waals surface area contributed by atoms with E-state index in [0.717, 1.165) is 40.9 Å². The van der Waals surface area contributed by atoms with E-state index in [2.05, 4.69) is 26.5 Å². The van der Waals surface area contributed by atoms with Gasteiger partial charge >= 0.3 is 0 Å². The second-order valence-corrected chi connectivity index (χ2v) is 6.09. The van der Waals surface area contributed by atoms with Crippen molar-refractivity contribution < 1.29 is 0 Å². The molecule has 21 heavy (non-hydrogen) atoms. The second-order valence-electron chi connectivity index (χ2n) is 4.21. The molecule has 106 valence electrons. The summed E-state index contributed by atoms with van der Waals surface area (Å²) in [5.74, 6) is 5.86. The molecule has 3 aromatic rings. The van der Waals surface area contributed by atoms with E-state index < -0.39 is 0 Å². The zero-order chi connectivity index (χ0) is 14.5. The topological polar surface area (TPSA) is 55.1 Å².